The van der Waals surface area contributed by atoms with E-state index in [4.69, 9.17) is 4.74 Å². The summed E-state index contributed by atoms with van der Waals surface area (Å²) in [5.41, 5.74) is 1.18. The summed E-state index contributed by atoms with van der Waals surface area (Å²) >= 11 is 1.28. The van der Waals surface area contributed by atoms with Crippen LogP contribution in [0.5, 0.6) is 0 Å². The quantitative estimate of drug-likeness (QED) is 0.671. The lowest BCUT2D eigenvalue weighted by Crippen LogP contribution is -2.19. The molecule has 0 bridgehead atoms. The van der Waals surface area contributed by atoms with Gasteiger partial charge in [-0.05, 0) is 20.3 Å². The van der Waals surface area contributed by atoms with Gasteiger partial charge in [0.15, 0.2) is 5.16 Å². The number of methoxy groups -OCH3 is 1. The van der Waals surface area contributed by atoms with Crippen LogP contribution in [0.2, 0.25) is 0 Å². The molecule has 108 valence electrons. The molecular weight excluding hydrogens is 280 g/mol. The zero-order valence-corrected chi connectivity index (χ0v) is 12.6. The first-order chi connectivity index (χ1) is 9.49. The second-order valence-corrected chi connectivity index (χ2v) is 5.51. The van der Waals surface area contributed by atoms with Crippen molar-refractivity contribution in [3.05, 3.63) is 21.6 Å². The molecule has 2 aromatic heterocycles. The number of carbonyl (C=O) groups is 1. The number of rotatable bonds is 4. The number of ether oxygens (including phenoxy) is 1. The van der Waals surface area contributed by atoms with Crippen LogP contribution in [0.3, 0.4) is 0 Å². The van der Waals surface area contributed by atoms with E-state index in [0.29, 0.717) is 22.9 Å². The third kappa shape index (κ3) is 2.43. The van der Waals surface area contributed by atoms with E-state index in [-0.39, 0.29) is 16.8 Å². The molecule has 0 aliphatic carbocycles. The van der Waals surface area contributed by atoms with Crippen LogP contribution in [0, 0.1) is 13.8 Å². The van der Waals surface area contributed by atoms with Gasteiger partial charge in [0.05, 0.1) is 7.11 Å². The third-order valence-electron chi connectivity index (χ3n) is 3.16. The molecule has 2 aromatic rings. The van der Waals surface area contributed by atoms with Crippen molar-refractivity contribution in [3.8, 4) is 0 Å². The Morgan fingerprint density at radius 3 is 2.75 bits per heavy atom. The smallest absolute Gasteiger partial charge is 0.319 e. The van der Waals surface area contributed by atoms with Crippen molar-refractivity contribution in [2.75, 3.05) is 7.11 Å². The Labute approximate surface area is 119 Å². The highest BCUT2D eigenvalue weighted by Gasteiger charge is 2.22. The van der Waals surface area contributed by atoms with Gasteiger partial charge in [-0.1, -0.05) is 18.7 Å². The van der Waals surface area contributed by atoms with Crippen LogP contribution in [0.25, 0.3) is 5.78 Å². The molecule has 2 heterocycles. The highest BCUT2D eigenvalue weighted by atomic mass is 32.2. The Balaban J connectivity index is 2.48. The number of fused-ring (bicyclic) bond motifs is 1. The minimum Gasteiger partial charge on any atom is -0.468 e. The molecule has 1 N–H and O–H groups in total. The van der Waals surface area contributed by atoms with E-state index < -0.39 is 0 Å². The highest BCUT2D eigenvalue weighted by Crippen LogP contribution is 2.25. The van der Waals surface area contributed by atoms with E-state index in [1.165, 1.54) is 18.9 Å². The average Bonchev–Trinajstić information content (AvgIpc) is 2.84. The number of H-pyrrole nitrogens is 1. The molecule has 1 unspecified atom stereocenters. The van der Waals surface area contributed by atoms with Crippen molar-refractivity contribution >= 4 is 23.5 Å². The number of thioether (sulfide) groups is 1. The van der Waals surface area contributed by atoms with Crippen molar-refractivity contribution in [2.24, 2.45) is 0 Å². The van der Waals surface area contributed by atoms with E-state index >= 15 is 0 Å². The average molecular weight is 296 g/mol. The first kappa shape index (κ1) is 14.6. The molecule has 0 aromatic carbocycles. The van der Waals surface area contributed by atoms with Gasteiger partial charge in [-0.3, -0.25) is 19.0 Å². The molecule has 0 amide bonds. The number of aromatic amines is 1. The largest absolute Gasteiger partial charge is 0.468 e. The van der Waals surface area contributed by atoms with E-state index in [0.717, 1.165) is 5.69 Å². The second kappa shape index (κ2) is 5.66. The summed E-state index contributed by atoms with van der Waals surface area (Å²) in [5, 5.41) is 8.20. The first-order valence-corrected chi connectivity index (χ1v) is 7.06. The van der Waals surface area contributed by atoms with Gasteiger partial charge in [0.25, 0.3) is 5.56 Å². The Morgan fingerprint density at radius 2 is 2.15 bits per heavy atom. The third-order valence-corrected chi connectivity index (χ3v) is 4.45. The molecule has 0 saturated carbocycles. The zero-order chi connectivity index (χ0) is 14.9. The molecular formula is C12H16N4O3S. The fourth-order valence-electron chi connectivity index (χ4n) is 1.81. The molecule has 0 fully saturated rings. The zero-order valence-electron chi connectivity index (χ0n) is 11.8. The lowest BCUT2D eigenvalue weighted by Gasteiger charge is -2.11. The van der Waals surface area contributed by atoms with Gasteiger partial charge in [0, 0.05) is 11.3 Å². The summed E-state index contributed by atoms with van der Waals surface area (Å²) in [7, 11) is 1.36. The van der Waals surface area contributed by atoms with Crippen LogP contribution in [0.15, 0.2) is 9.95 Å². The Morgan fingerprint density at radius 1 is 1.45 bits per heavy atom. The van der Waals surface area contributed by atoms with Crippen molar-refractivity contribution in [1.82, 2.24) is 19.6 Å². The van der Waals surface area contributed by atoms with Gasteiger partial charge in [0.2, 0.25) is 5.78 Å². The lowest BCUT2D eigenvalue weighted by atomic mass is 10.3. The van der Waals surface area contributed by atoms with Gasteiger partial charge in [-0.15, -0.1) is 10.2 Å². The predicted octanol–water partition coefficient (Wildman–Crippen LogP) is 1.08. The molecule has 1 atom stereocenters. The summed E-state index contributed by atoms with van der Waals surface area (Å²) in [5.74, 6) is 0.0772. The predicted molar refractivity (Wildman–Crippen MR) is 75.0 cm³/mol. The van der Waals surface area contributed by atoms with Gasteiger partial charge in [0.1, 0.15) is 5.25 Å². The summed E-state index contributed by atoms with van der Waals surface area (Å²) in [6.07, 6.45) is 0.619. The van der Waals surface area contributed by atoms with Gasteiger partial charge in [-0.2, -0.15) is 0 Å². The molecule has 0 radical (unpaired) electrons. The van der Waals surface area contributed by atoms with Crippen LogP contribution in [0.1, 0.15) is 24.6 Å². The standard InChI is InChI=1S/C12H16N4O3S/c1-5-8(10(18)19-4)20-12-15-14-11-13-9(17)6(2)7(3)16(11)12/h8H,5H2,1-4H3,(H,13,14,17). The maximum absolute atomic E-state index is 11.7. The molecule has 2 rings (SSSR count). The highest BCUT2D eigenvalue weighted by molar-refractivity contribution is 8.00. The van der Waals surface area contributed by atoms with Crippen molar-refractivity contribution in [3.63, 3.8) is 0 Å². The monoisotopic (exact) mass is 296 g/mol. The number of nitrogens with zero attached hydrogens (tertiary/aromatic N) is 3. The summed E-state index contributed by atoms with van der Waals surface area (Å²) in [6, 6.07) is 0. The van der Waals surface area contributed by atoms with Crippen LogP contribution in [-0.4, -0.2) is 37.9 Å². The van der Waals surface area contributed by atoms with E-state index in [1.54, 1.807) is 11.3 Å². The van der Waals surface area contributed by atoms with Crippen molar-refractivity contribution < 1.29 is 9.53 Å². The van der Waals surface area contributed by atoms with Crippen molar-refractivity contribution in [1.29, 1.82) is 0 Å². The fourth-order valence-corrected chi connectivity index (χ4v) is 2.84. The molecule has 0 aliphatic rings. The minimum atomic E-state index is -0.348. The van der Waals surface area contributed by atoms with E-state index in [2.05, 4.69) is 15.2 Å². The minimum absolute atomic E-state index is 0.182. The SMILES string of the molecule is CCC(Sc1nnc2[nH]c(=O)c(C)c(C)n12)C(=O)OC. The molecule has 8 heteroatoms. The maximum Gasteiger partial charge on any atom is 0.319 e. The maximum atomic E-state index is 11.7. The van der Waals surface area contributed by atoms with Crippen LogP contribution in [0.4, 0.5) is 0 Å². The second-order valence-electron chi connectivity index (χ2n) is 4.34. The topological polar surface area (TPSA) is 89.4 Å². The number of hydrogen-bond acceptors (Lipinski definition) is 6. The molecule has 0 aliphatic heterocycles. The van der Waals surface area contributed by atoms with Gasteiger partial charge in [-0.25, -0.2) is 0 Å². The number of aromatic nitrogens is 4. The molecule has 0 saturated heterocycles. The lowest BCUT2D eigenvalue weighted by molar-refractivity contribution is -0.140. The number of nitrogens with one attached hydrogen (secondary N) is 1. The summed E-state index contributed by atoms with van der Waals surface area (Å²) < 4.78 is 6.51. The van der Waals surface area contributed by atoms with Crippen LogP contribution < -0.4 is 5.56 Å². The number of hydrogen-bond donors (Lipinski definition) is 1. The van der Waals surface area contributed by atoms with Crippen LogP contribution in [-0.2, 0) is 9.53 Å². The molecule has 20 heavy (non-hydrogen) atoms. The first-order valence-electron chi connectivity index (χ1n) is 6.18. The van der Waals surface area contributed by atoms with Gasteiger partial charge < -0.3 is 4.74 Å². The van der Waals surface area contributed by atoms with Gasteiger partial charge >= 0.3 is 5.97 Å². The fraction of sp³-hybridized carbons (Fsp3) is 0.500. The number of esters is 1. The Kier molecular flexibility index (Phi) is 4.12. The number of aryl methyl sites for hydroxylation is 1. The Hall–Kier alpha value is -1.83. The van der Waals surface area contributed by atoms with E-state index in [1.807, 2.05) is 13.8 Å². The van der Waals surface area contributed by atoms with Crippen molar-refractivity contribution in [2.45, 2.75) is 37.6 Å². The van der Waals surface area contributed by atoms with Crippen LogP contribution >= 0.6 is 11.8 Å². The Bertz CT molecular complexity index is 707. The van der Waals surface area contributed by atoms with E-state index in [9.17, 15) is 9.59 Å². The normalized spacial score (nSPS) is 12.6. The molecule has 7 nitrogen and oxygen atoms in total. The molecule has 0 spiro atoms. The summed E-state index contributed by atoms with van der Waals surface area (Å²) in [6.45, 7) is 5.46. The summed E-state index contributed by atoms with van der Waals surface area (Å²) in [4.78, 5) is 26.0. The number of carbonyl (C=O) groups excluding carboxylic acids is 1.